The Kier molecular flexibility index (Phi) is 8.42. The molecule has 2 fully saturated rings. The summed E-state index contributed by atoms with van der Waals surface area (Å²) < 4.78 is 11.1. The molecule has 2 amide bonds. The van der Waals surface area contributed by atoms with Gasteiger partial charge in [-0.2, -0.15) is 0 Å². The van der Waals surface area contributed by atoms with E-state index < -0.39 is 0 Å². The second-order valence-corrected chi connectivity index (χ2v) is 8.04. The summed E-state index contributed by atoms with van der Waals surface area (Å²) in [5.74, 6) is 0.535. The Morgan fingerprint density at radius 3 is 2.66 bits per heavy atom. The number of rotatable bonds is 8. The molecule has 1 aromatic heterocycles. The van der Waals surface area contributed by atoms with E-state index >= 15 is 0 Å². The van der Waals surface area contributed by atoms with Crippen molar-refractivity contribution < 1.29 is 19.1 Å². The second-order valence-electron chi connectivity index (χ2n) is 6.61. The molecule has 2 aliphatic rings. The number of carbonyl (C=O) groups is 2. The number of hydrogen-bond acceptors (Lipinski definition) is 8. The smallest absolute Gasteiger partial charge is 0.250 e. The number of halogens is 2. The van der Waals surface area contributed by atoms with Gasteiger partial charge in [-0.05, 0) is 0 Å². The summed E-state index contributed by atoms with van der Waals surface area (Å²) >= 11 is 9.11. The summed E-state index contributed by atoms with van der Waals surface area (Å²) in [4.78, 5) is 35.7. The number of anilines is 1. The fourth-order valence-corrected chi connectivity index (χ4v) is 3.58. The van der Waals surface area contributed by atoms with Gasteiger partial charge in [-0.15, -0.1) is 0 Å². The number of carbonyl (C=O) groups excluding carboxylic acids is 2. The van der Waals surface area contributed by atoms with E-state index in [1.165, 1.54) is 0 Å². The molecular formula is C17H24BrClN6O4. The number of ether oxygens (including phenoxy) is 2. The first-order valence-electron chi connectivity index (χ1n) is 9.41. The molecule has 2 unspecified atom stereocenters. The Morgan fingerprint density at radius 2 is 1.93 bits per heavy atom. The van der Waals surface area contributed by atoms with Crippen LogP contribution in [-0.4, -0.2) is 90.2 Å². The lowest BCUT2D eigenvalue weighted by molar-refractivity contribution is -0.133. The van der Waals surface area contributed by atoms with Gasteiger partial charge in [0.2, 0.25) is 11.9 Å². The summed E-state index contributed by atoms with van der Waals surface area (Å²) in [6.45, 7) is 4.19. The van der Waals surface area contributed by atoms with Crippen LogP contribution in [-0.2, 0) is 19.1 Å². The van der Waals surface area contributed by atoms with Gasteiger partial charge in [-0.25, -0.2) is 15.4 Å². The summed E-state index contributed by atoms with van der Waals surface area (Å²) in [6, 6.07) is 0. The first-order chi connectivity index (χ1) is 14.0. The van der Waals surface area contributed by atoms with Gasteiger partial charge in [-0.3, -0.25) is 15.0 Å². The number of nitrogens with one attached hydrogen (secondary N) is 2. The van der Waals surface area contributed by atoms with Crippen LogP contribution >= 0.6 is 27.5 Å². The number of aromatic nitrogens is 2. The van der Waals surface area contributed by atoms with Crippen molar-refractivity contribution in [3.63, 3.8) is 0 Å². The third kappa shape index (κ3) is 6.48. The third-order valence-corrected chi connectivity index (χ3v) is 5.83. The Bertz CT molecular complexity index is 689. The van der Waals surface area contributed by atoms with E-state index in [-0.39, 0.29) is 22.7 Å². The van der Waals surface area contributed by atoms with Crippen LogP contribution in [0.25, 0.3) is 0 Å². The molecule has 29 heavy (non-hydrogen) atoms. The molecule has 12 heteroatoms. The van der Waals surface area contributed by atoms with Crippen molar-refractivity contribution in [2.24, 2.45) is 0 Å². The lowest BCUT2D eigenvalue weighted by Gasteiger charge is -2.34. The second kappa shape index (κ2) is 11.0. The van der Waals surface area contributed by atoms with Crippen LogP contribution in [0.4, 0.5) is 5.95 Å². The molecule has 10 nitrogen and oxygen atoms in total. The van der Waals surface area contributed by atoms with Crippen LogP contribution in [0.3, 0.4) is 0 Å². The molecule has 3 heterocycles. The molecule has 3 rings (SSSR count). The maximum atomic E-state index is 12.3. The van der Waals surface area contributed by atoms with Gasteiger partial charge in [-0.1, -0.05) is 27.5 Å². The third-order valence-electron chi connectivity index (χ3n) is 4.63. The number of hydrazine groups is 1. The molecule has 0 bridgehead atoms. The topological polar surface area (TPSA) is 109 Å². The highest BCUT2D eigenvalue weighted by Crippen LogP contribution is 2.14. The molecule has 160 valence electrons. The minimum absolute atomic E-state index is 0.0660. The quantitative estimate of drug-likeness (QED) is 0.385. The van der Waals surface area contributed by atoms with Gasteiger partial charge >= 0.3 is 0 Å². The molecule has 2 aliphatic heterocycles. The van der Waals surface area contributed by atoms with Crippen LogP contribution in [0, 0.1) is 0 Å². The highest BCUT2D eigenvalue weighted by Gasteiger charge is 2.30. The van der Waals surface area contributed by atoms with Gasteiger partial charge in [0.05, 0.1) is 49.8 Å². The Hall–Kier alpha value is -1.53. The minimum atomic E-state index is -0.387. The number of alkyl halides is 1. The van der Waals surface area contributed by atoms with Gasteiger partial charge in [0.25, 0.3) is 5.91 Å². The Balaban J connectivity index is 1.27. The summed E-state index contributed by atoms with van der Waals surface area (Å²) in [5.41, 5.74) is 5.30. The van der Waals surface area contributed by atoms with E-state index in [9.17, 15) is 9.59 Å². The Morgan fingerprint density at radius 1 is 1.21 bits per heavy atom. The highest BCUT2D eigenvalue weighted by molar-refractivity contribution is 9.10. The lowest BCUT2D eigenvalue weighted by atomic mass is 10.2. The van der Waals surface area contributed by atoms with Crippen LogP contribution in [0.2, 0.25) is 5.02 Å². The molecule has 0 spiro atoms. The average Bonchev–Trinajstić information content (AvgIpc) is 2.74. The zero-order valence-electron chi connectivity index (χ0n) is 15.9. The van der Waals surface area contributed by atoms with E-state index in [0.717, 1.165) is 0 Å². The predicted octanol–water partition coefficient (Wildman–Crippen LogP) is -0.0316. The van der Waals surface area contributed by atoms with Crippen molar-refractivity contribution in [2.45, 2.75) is 17.4 Å². The van der Waals surface area contributed by atoms with Gasteiger partial charge in [0.1, 0.15) is 4.83 Å². The Labute approximate surface area is 182 Å². The molecule has 1 aromatic rings. The first kappa shape index (κ1) is 22.2. The van der Waals surface area contributed by atoms with Gasteiger partial charge in [0.15, 0.2) is 0 Å². The SMILES string of the molecule is O=C1NNCC(OCCOCCC(=O)N2CCN(c3ncc(Cl)cn3)CC2)C1Br. The summed E-state index contributed by atoms with van der Waals surface area (Å²) in [5, 5.41) is 0.501. The molecule has 0 aromatic carbocycles. The molecule has 2 atom stereocenters. The van der Waals surface area contributed by atoms with E-state index in [4.69, 9.17) is 21.1 Å². The van der Waals surface area contributed by atoms with Crippen molar-refractivity contribution in [1.82, 2.24) is 25.7 Å². The normalized spacial score (nSPS) is 22.5. The molecule has 2 N–H and O–H groups in total. The molecular weight excluding hydrogens is 468 g/mol. The zero-order chi connectivity index (χ0) is 20.6. The highest BCUT2D eigenvalue weighted by atomic mass is 79.9. The van der Waals surface area contributed by atoms with E-state index in [2.05, 4.69) is 36.7 Å². The van der Waals surface area contributed by atoms with Crippen molar-refractivity contribution in [3.05, 3.63) is 17.4 Å². The van der Waals surface area contributed by atoms with Crippen LogP contribution in [0.15, 0.2) is 12.4 Å². The van der Waals surface area contributed by atoms with E-state index in [1.54, 1.807) is 12.4 Å². The minimum Gasteiger partial charge on any atom is -0.379 e. The maximum absolute atomic E-state index is 12.3. The average molecular weight is 492 g/mol. The first-order valence-corrected chi connectivity index (χ1v) is 10.7. The van der Waals surface area contributed by atoms with Crippen LogP contribution in [0.1, 0.15) is 6.42 Å². The standard InChI is InChI=1S/C17H24BrClN6O4/c18-15-13(11-22-23-16(15)27)29-8-7-28-6-1-14(26)24-2-4-25(5-3-24)17-20-9-12(19)10-21-17/h9-10,13,15,22H,1-8,11H2,(H,23,27). The summed E-state index contributed by atoms with van der Waals surface area (Å²) in [6.07, 6.45) is 3.21. The number of amides is 2. The fraction of sp³-hybridized carbons (Fsp3) is 0.647. The van der Waals surface area contributed by atoms with Gasteiger partial charge < -0.3 is 19.3 Å². The van der Waals surface area contributed by atoms with E-state index in [0.29, 0.717) is 69.9 Å². The van der Waals surface area contributed by atoms with Crippen molar-refractivity contribution in [2.75, 3.05) is 57.4 Å². The summed E-state index contributed by atoms with van der Waals surface area (Å²) in [7, 11) is 0. The van der Waals surface area contributed by atoms with E-state index in [1.807, 2.05) is 9.80 Å². The largest absolute Gasteiger partial charge is 0.379 e. The zero-order valence-corrected chi connectivity index (χ0v) is 18.2. The van der Waals surface area contributed by atoms with Crippen molar-refractivity contribution in [3.8, 4) is 0 Å². The van der Waals surface area contributed by atoms with Gasteiger partial charge in [0, 0.05) is 32.7 Å². The fourth-order valence-electron chi connectivity index (χ4n) is 3.03. The van der Waals surface area contributed by atoms with Crippen molar-refractivity contribution >= 4 is 45.3 Å². The van der Waals surface area contributed by atoms with Crippen LogP contribution < -0.4 is 15.8 Å². The predicted molar refractivity (Wildman–Crippen MR) is 110 cm³/mol. The molecule has 2 saturated heterocycles. The molecule has 0 radical (unpaired) electrons. The number of nitrogens with zero attached hydrogens (tertiary/aromatic N) is 4. The lowest BCUT2D eigenvalue weighted by Crippen LogP contribution is -2.57. The molecule has 0 aliphatic carbocycles. The number of piperazine rings is 1. The maximum Gasteiger partial charge on any atom is 0.250 e. The van der Waals surface area contributed by atoms with Crippen molar-refractivity contribution in [1.29, 1.82) is 0 Å². The van der Waals surface area contributed by atoms with Crippen LogP contribution in [0.5, 0.6) is 0 Å². The molecule has 0 saturated carbocycles. The monoisotopic (exact) mass is 490 g/mol. The number of hydrogen-bond donors (Lipinski definition) is 2.